The van der Waals surface area contributed by atoms with Crippen molar-refractivity contribution in [3.05, 3.63) is 41.0 Å². The number of ether oxygens (including phenoxy) is 1. The molecule has 1 N–H and O–H groups in total. The van der Waals surface area contributed by atoms with Gasteiger partial charge < -0.3 is 14.6 Å². The number of pyridine rings is 2. The zero-order valence-electron chi connectivity index (χ0n) is 21.6. The lowest BCUT2D eigenvalue weighted by Gasteiger charge is -2.36. The number of nitrogens with zero attached hydrogens (tertiary/aromatic N) is 5. The van der Waals surface area contributed by atoms with E-state index in [1.807, 2.05) is 10.7 Å². The van der Waals surface area contributed by atoms with E-state index in [0.29, 0.717) is 5.92 Å². The van der Waals surface area contributed by atoms with Crippen LogP contribution in [0.5, 0.6) is 0 Å². The standard InChI is InChI=1S/C28H36N6O/c1-16(2)24-25-19(5)27(33-8-6-20(7-9-33)10-21-13-35-14-21)29-11-23(25)32-26(24)22-12-34-28(30-15-31-34)18(4)17(22)3/h11-12,15-16,20-21,32H,6-10,13-14H2,1-5H3. The zero-order chi connectivity index (χ0) is 24.3. The Kier molecular flexibility index (Phi) is 5.55. The zero-order valence-corrected chi connectivity index (χ0v) is 21.6. The lowest BCUT2D eigenvalue weighted by Crippen LogP contribution is -2.37. The van der Waals surface area contributed by atoms with Crippen molar-refractivity contribution in [2.45, 2.75) is 59.8 Å². The summed E-state index contributed by atoms with van der Waals surface area (Å²) in [7, 11) is 0. The molecule has 4 aromatic heterocycles. The average molecular weight is 473 g/mol. The van der Waals surface area contributed by atoms with Crippen LogP contribution in [0.3, 0.4) is 0 Å². The first-order chi connectivity index (χ1) is 16.9. The number of aromatic nitrogens is 5. The Labute approximate surface area is 206 Å². The van der Waals surface area contributed by atoms with Crippen molar-refractivity contribution in [3.8, 4) is 11.3 Å². The Morgan fingerprint density at radius 1 is 1.03 bits per heavy atom. The third-order valence-electron chi connectivity index (χ3n) is 8.35. The molecule has 2 fully saturated rings. The van der Waals surface area contributed by atoms with Gasteiger partial charge >= 0.3 is 0 Å². The smallest absolute Gasteiger partial charge is 0.158 e. The SMILES string of the molecule is Cc1c(-c2[nH]c3cnc(N4CCC(CC5COC5)CC4)c(C)c3c2C(C)C)cn2ncnc2c1C. The Bertz CT molecular complexity index is 1390. The van der Waals surface area contributed by atoms with Crippen LogP contribution in [-0.2, 0) is 4.74 Å². The highest BCUT2D eigenvalue weighted by molar-refractivity contribution is 5.96. The summed E-state index contributed by atoms with van der Waals surface area (Å²) in [6.45, 7) is 15.3. The van der Waals surface area contributed by atoms with E-state index in [-0.39, 0.29) is 0 Å². The van der Waals surface area contributed by atoms with E-state index in [1.165, 1.54) is 58.2 Å². The van der Waals surface area contributed by atoms with Crippen LogP contribution in [0.4, 0.5) is 5.82 Å². The van der Waals surface area contributed by atoms with Crippen molar-refractivity contribution in [3.63, 3.8) is 0 Å². The molecule has 7 nitrogen and oxygen atoms in total. The molecule has 0 aromatic carbocycles. The molecule has 2 aliphatic heterocycles. The number of piperidine rings is 1. The lowest BCUT2D eigenvalue weighted by molar-refractivity contribution is -0.0438. The van der Waals surface area contributed by atoms with Gasteiger partial charge in [-0.3, -0.25) is 0 Å². The van der Waals surface area contributed by atoms with E-state index in [4.69, 9.17) is 9.72 Å². The Morgan fingerprint density at radius 2 is 1.80 bits per heavy atom. The first-order valence-corrected chi connectivity index (χ1v) is 13.1. The number of rotatable bonds is 5. The van der Waals surface area contributed by atoms with Crippen LogP contribution < -0.4 is 4.90 Å². The van der Waals surface area contributed by atoms with E-state index in [2.05, 4.69) is 60.8 Å². The normalized spacial score (nSPS) is 17.7. The summed E-state index contributed by atoms with van der Waals surface area (Å²) < 4.78 is 7.28. The van der Waals surface area contributed by atoms with Gasteiger partial charge in [0.1, 0.15) is 12.1 Å². The molecule has 0 saturated carbocycles. The second-order valence-electron chi connectivity index (χ2n) is 11.0. The third kappa shape index (κ3) is 3.71. The van der Waals surface area contributed by atoms with Crippen molar-refractivity contribution in [1.29, 1.82) is 0 Å². The van der Waals surface area contributed by atoms with Gasteiger partial charge in [-0.1, -0.05) is 13.8 Å². The Hall–Kier alpha value is -2.93. The summed E-state index contributed by atoms with van der Waals surface area (Å²) in [5, 5.41) is 5.75. The van der Waals surface area contributed by atoms with E-state index in [0.717, 1.165) is 55.1 Å². The highest BCUT2D eigenvalue weighted by atomic mass is 16.5. The number of hydrogen-bond donors (Lipinski definition) is 1. The molecular weight excluding hydrogens is 436 g/mol. The summed E-state index contributed by atoms with van der Waals surface area (Å²) in [6.07, 6.45) is 9.61. The molecule has 0 atom stereocenters. The summed E-state index contributed by atoms with van der Waals surface area (Å²) in [4.78, 5) is 15.7. The van der Waals surface area contributed by atoms with Gasteiger partial charge in [-0.05, 0) is 68.6 Å². The van der Waals surface area contributed by atoms with E-state index in [1.54, 1.807) is 6.33 Å². The number of aromatic amines is 1. The fourth-order valence-corrected chi connectivity index (χ4v) is 6.20. The minimum absolute atomic E-state index is 0.370. The number of H-pyrrole nitrogens is 1. The second-order valence-corrected chi connectivity index (χ2v) is 11.0. The van der Waals surface area contributed by atoms with Gasteiger partial charge in [-0.2, -0.15) is 5.10 Å². The molecule has 0 bridgehead atoms. The van der Waals surface area contributed by atoms with E-state index in [9.17, 15) is 0 Å². The van der Waals surface area contributed by atoms with Crippen LogP contribution in [0.2, 0.25) is 0 Å². The molecule has 184 valence electrons. The highest BCUT2D eigenvalue weighted by Gasteiger charge is 2.28. The van der Waals surface area contributed by atoms with Gasteiger partial charge in [0.15, 0.2) is 5.65 Å². The molecule has 6 rings (SSSR count). The summed E-state index contributed by atoms with van der Waals surface area (Å²) in [6, 6.07) is 0. The van der Waals surface area contributed by atoms with Gasteiger partial charge in [0, 0.05) is 41.7 Å². The number of anilines is 1. The van der Waals surface area contributed by atoms with Crippen molar-refractivity contribution in [2.75, 3.05) is 31.2 Å². The average Bonchev–Trinajstić information content (AvgIpc) is 3.45. The van der Waals surface area contributed by atoms with Gasteiger partial charge in [0.05, 0.1) is 30.6 Å². The summed E-state index contributed by atoms with van der Waals surface area (Å²) >= 11 is 0. The molecule has 0 spiro atoms. The van der Waals surface area contributed by atoms with Crippen LogP contribution in [0, 0.1) is 32.6 Å². The van der Waals surface area contributed by atoms with Gasteiger partial charge in [-0.25, -0.2) is 14.5 Å². The molecule has 0 unspecified atom stereocenters. The van der Waals surface area contributed by atoms with Gasteiger partial charge in [0.25, 0.3) is 0 Å². The highest BCUT2D eigenvalue weighted by Crippen LogP contribution is 2.41. The predicted octanol–water partition coefficient (Wildman–Crippen LogP) is 5.57. The topological polar surface area (TPSA) is 71.3 Å². The third-order valence-corrected chi connectivity index (χ3v) is 8.35. The maximum absolute atomic E-state index is 5.39. The molecule has 0 radical (unpaired) electrons. The molecule has 0 amide bonds. The Balaban J connectivity index is 1.39. The second kappa shape index (κ2) is 8.63. The maximum atomic E-state index is 5.39. The molecule has 35 heavy (non-hydrogen) atoms. The number of hydrogen-bond acceptors (Lipinski definition) is 5. The van der Waals surface area contributed by atoms with Crippen LogP contribution in [0.25, 0.3) is 27.8 Å². The first kappa shape index (κ1) is 22.5. The summed E-state index contributed by atoms with van der Waals surface area (Å²) in [5.74, 6) is 3.13. The number of fused-ring (bicyclic) bond motifs is 2. The first-order valence-electron chi connectivity index (χ1n) is 13.1. The van der Waals surface area contributed by atoms with Gasteiger partial charge in [-0.15, -0.1) is 0 Å². The molecule has 7 heteroatoms. The van der Waals surface area contributed by atoms with Gasteiger partial charge in [0.2, 0.25) is 0 Å². The van der Waals surface area contributed by atoms with Crippen molar-refractivity contribution >= 4 is 22.4 Å². The molecule has 6 heterocycles. The summed E-state index contributed by atoms with van der Waals surface area (Å²) in [5.41, 5.74) is 9.45. The van der Waals surface area contributed by atoms with Crippen LogP contribution in [0.1, 0.15) is 61.3 Å². The predicted molar refractivity (Wildman–Crippen MR) is 140 cm³/mol. The molecule has 2 aliphatic rings. The van der Waals surface area contributed by atoms with E-state index >= 15 is 0 Å². The van der Waals surface area contributed by atoms with Crippen molar-refractivity contribution < 1.29 is 4.74 Å². The number of aryl methyl sites for hydroxylation is 2. The van der Waals surface area contributed by atoms with Crippen LogP contribution in [-0.4, -0.2) is 50.9 Å². The largest absolute Gasteiger partial charge is 0.381 e. The number of nitrogens with one attached hydrogen (secondary N) is 1. The molecular formula is C28H36N6O. The molecule has 0 aliphatic carbocycles. The fraction of sp³-hybridized carbons (Fsp3) is 0.536. The minimum Gasteiger partial charge on any atom is -0.381 e. The quantitative estimate of drug-likeness (QED) is 0.411. The van der Waals surface area contributed by atoms with Crippen LogP contribution >= 0.6 is 0 Å². The maximum Gasteiger partial charge on any atom is 0.158 e. The van der Waals surface area contributed by atoms with Crippen LogP contribution in [0.15, 0.2) is 18.7 Å². The van der Waals surface area contributed by atoms with E-state index < -0.39 is 0 Å². The molecule has 2 saturated heterocycles. The Morgan fingerprint density at radius 3 is 2.49 bits per heavy atom. The monoisotopic (exact) mass is 472 g/mol. The lowest BCUT2D eigenvalue weighted by atomic mass is 9.86. The van der Waals surface area contributed by atoms with Crippen molar-refractivity contribution in [1.82, 2.24) is 24.6 Å². The van der Waals surface area contributed by atoms with Crippen molar-refractivity contribution in [2.24, 2.45) is 11.8 Å². The fourth-order valence-electron chi connectivity index (χ4n) is 6.20. The minimum atomic E-state index is 0.370. The molecule has 4 aromatic rings.